The summed E-state index contributed by atoms with van der Waals surface area (Å²) < 4.78 is 5.22. The molecule has 1 rings (SSSR count). The molecule has 0 spiro atoms. The van der Waals surface area contributed by atoms with Gasteiger partial charge >= 0.3 is 0 Å². The molecular weight excluding hydrogens is 278 g/mol. The summed E-state index contributed by atoms with van der Waals surface area (Å²) in [5, 5.41) is 10.5. The smallest absolute Gasteiger partial charge is 0.273 e. The lowest BCUT2D eigenvalue weighted by molar-refractivity contribution is 0.0881. The first-order chi connectivity index (χ1) is 10.4. The zero-order chi connectivity index (χ0) is 16.8. The molecule has 2 atom stereocenters. The number of hydrogen-bond donors (Lipinski definition) is 2. The first-order valence-electron chi connectivity index (χ1n) is 8.36. The Labute approximate surface area is 134 Å². The highest BCUT2D eigenvalue weighted by atomic mass is 16.5. The van der Waals surface area contributed by atoms with Crippen LogP contribution in [0.25, 0.3) is 0 Å². The molecule has 22 heavy (non-hydrogen) atoms. The van der Waals surface area contributed by atoms with Crippen molar-refractivity contribution in [3.8, 4) is 0 Å². The molecule has 1 aromatic heterocycles. The largest absolute Gasteiger partial charge is 0.360 e. The monoisotopic (exact) mass is 309 g/mol. The van der Waals surface area contributed by atoms with E-state index in [1.807, 2.05) is 13.8 Å². The molecule has 126 valence electrons. The summed E-state index contributed by atoms with van der Waals surface area (Å²) in [6, 6.07) is 0.0514. The predicted molar refractivity (Wildman–Crippen MR) is 89.1 cm³/mol. The molecule has 5 nitrogen and oxygen atoms in total. The van der Waals surface area contributed by atoms with Gasteiger partial charge in [0.25, 0.3) is 5.91 Å². The van der Waals surface area contributed by atoms with Crippen LogP contribution in [0.3, 0.4) is 0 Å². The van der Waals surface area contributed by atoms with E-state index in [1.165, 1.54) is 0 Å². The lowest BCUT2D eigenvalue weighted by atomic mass is 9.80. The molecule has 5 heteroatoms. The average Bonchev–Trinajstić information content (AvgIpc) is 2.88. The molecule has 1 heterocycles. The van der Waals surface area contributed by atoms with Crippen LogP contribution in [0.2, 0.25) is 0 Å². The third-order valence-corrected chi connectivity index (χ3v) is 4.71. The standard InChI is InChI=1S/C17H31N3O2/c1-7-10-18-11-17(6,9-3)13(5)19-16(21)15-12(4)14(8-2)22-20-15/h13,18H,7-11H2,1-6H3,(H,19,21). The number of aryl methyl sites for hydroxylation is 1. The van der Waals surface area contributed by atoms with Crippen molar-refractivity contribution in [2.75, 3.05) is 13.1 Å². The average molecular weight is 309 g/mol. The van der Waals surface area contributed by atoms with Crippen LogP contribution in [0.1, 0.15) is 69.3 Å². The summed E-state index contributed by atoms with van der Waals surface area (Å²) in [6.45, 7) is 14.3. The Morgan fingerprint density at radius 1 is 1.36 bits per heavy atom. The molecule has 2 unspecified atom stereocenters. The Morgan fingerprint density at radius 3 is 2.55 bits per heavy atom. The van der Waals surface area contributed by atoms with E-state index in [1.54, 1.807) is 0 Å². The molecular formula is C17H31N3O2. The Hall–Kier alpha value is -1.36. The Morgan fingerprint density at radius 2 is 2.05 bits per heavy atom. The fraction of sp³-hybridized carbons (Fsp3) is 0.765. The van der Waals surface area contributed by atoms with E-state index < -0.39 is 0 Å². The maximum Gasteiger partial charge on any atom is 0.273 e. The third kappa shape index (κ3) is 4.32. The van der Waals surface area contributed by atoms with E-state index >= 15 is 0 Å². The van der Waals surface area contributed by atoms with Gasteiger partial charge in [-0.05, 0) is 38.6 Å². The van der Waals surface area contributed by atoms with Gasteiger partial charge in [-0.2, -0.15) is 0 Å². The van der Waals surface area contributed by atoms with Crippen molar-refractivity contribution in [2.45, 2.75) is 66.8 Å². The van der Waals surface area contributed by atoms with Gasteiger partial charge in [0.15, 0.2) is 5.69 Å². The maximum absolute atomic E-state index is 12.4. The molecule has 0 radical (unpaired) electrons. The van der Waals surface area contributed by atoms with Crippen LogP contribution in [0, 0.1) is 12.3 Å². The minimum Gasteiger partial charge on any atom is -0.360 e. The molecule has 0 saturated heterocycles. The van der Waals surface area contributed by atoms with Gasteiger partial charge in [0, 0.05) is 24.6 Å². The fourth-order valence-corrected chi connectivity index (χ4v) is 2.49. The fourth-order valence-electron chi connectivity index (χ4n) is 2.49. The van der Waals surface area contributed by atoms with Crippen molar-refractivity contribution >= 4 is 5.91 Å². The van der Waals surface area contributed by atoms with Gasteiger partial charge in [-0.15, -0.1) is 0 Å². The molecule has 0 bridgehead atoms. The van der Waals surface area contributed by atoms with Crippen LogP contribution in [-0.2, 0) is 6.42 Å². The number of carbonyl (C=O) groups excluding carboxylic acids is 1. The molecule has 1 aromatic rings. The van der Waals surface area contributed by atoms with E-state index in [2.05, 4.69) is 43.5 Å². The predicted octanol–water partition coefficient (Wildman–Crippen LogP) is 3.08. The lowest BCUT2D eigenvalue weighted by Crippen LogP contribution is -2.49. The number of nitrogens with one attached hydrogen (secondary N) is 2. The summed E-state index contributed by atoms with van der Waals surface area (Å²) in [4.78, 5) is 12.4. The summed E-state index contributed by atoms with van der Waals surface area (Å²) in [6.07, 6.45) is 2.84. The minimum absolute atomic E-state index is 0.00998. The third-order valence-electron chi connectivity index (χ3n) is 4.71. The molecule has 0 aliphatic heterocycles. The Kier molecular flexibility index (Phi) is 7.07. The normalized spacial score (nSPS) is 15.4. The van der Waals surface area contributed by atoms with Crippen molar-refractivity contribution in [3.63, 3.8) is 0 Å². The van der Waals surface area contributed by atoms with Gasteiger partial charge in [0.1, 0.15) is 5.76 Å². The number of rotatable bonds is 9. The molecule has 0 aliphatic rings. The number of nitrogens with zero attached hydrogens (tertiary/aromatic N) is 1. The van der Waals surface area contributed by atoms with Crippen molar-refractivity contribution in [1.82, 2.24) is 15.8 Å². The van der Waals surface area contributed by atoms with Gasteiger partial charge < -0.3 is 15.2 Å². The second-order valence-electron chi connectivity index (χ2n) is 6.31. The van der Waals surface area contributed by atoms with Gasteiger partial charge in [-0.3, -0.25) is 4.79 Å². The zero-order valence-electron chi connectivity index (χ0n) is 14.9. The second kappa shape index (κ2) is 8.32. The lowest BCUT2D eigenvalue weighted by Gasteiger charge is -2.35. The topological polar surface area (TPSA) is 67.2 Å². The molecule has 2 N–H and O–H groups in total. The van der Waals surface area contributed by atoms with Gasteiger partial charge in [-0.25, -0.2) is 0 Å². The second-order valence-corrected chi connectivity index (χ2v) is 6.31. The number of amides is 1. The summed E-state index contributed by atoms with van der Waals surface area (Å²) >= 11 is 0. The summed E-state index contributed by atoms with van der Waals surface area (Å²) in [5.74, 6) is 0.629. The van der Waals surface area contributed by atoms with Crippen LogP contribution < -0.4 is 10.6 Å². The van der Waals surface area contributed by atoms with Gasteiger partial charge in [-0.1, -0.05) is 32.9 Å². The van der Waals surface area contributed by atoms with E-state index in [9.17, 15) is 4.79 Å². The van der Waals surface area contributed by atoms with E-state index in [0.717, 1.165) is 43.7 Å². The number of carbonyl (C=O) groups is 1. The van der Waals surface area contributed by atoms with Crippen LogP contribution >= 0.6 is 0 Å². The molecule has 0 aliphatic carbocycles. The maximum atomic E-state index is 12.4. The first-order valence-corrected chi connectivity index (χ1v) is 8.36. The Bertz CT molecular complexity index is 484. The van der Waals surface area contributed by atoms with E-state index in [-0.39, 0.29) is 17.4 Å². The SMILES string of the molecule is CCCNCC(C)(CC)C(C)NC(=O)c1noc(CC)c1C. The van der Waals surface area contributed by atoms with Crippen LogP contribution in [0.5, 0.6) is 0 Å². The molecule has 1 amide bonds. The number of aromatic nitrogens is 1. The zero-order valence-corrected chi connectivity index (χ0v) is 14.9. The van der Waals surface area contributed by atoms with Crippen LogP contribution in [-0.4, -0.2) is 30.2 Å². The van der Waals surface area contributed by atoms with Gasteiger partial charge in [0.05, 0.1) is 0 Å². The highest BCUT2D eigenvalue weighted by Gasteiger charge is 2.31. The van der Waals surface area contributed by atoms with Crippen molar-refractivity contribution in [2.24, 2.45) is 5.41 Å². The molecule has 0 saturated carbocycles. The van der Waals surface area contributed by atoms with Crippen LogP contribution in [0.15, 0.2) is 4.52 Å². The van der Waals surface area contributed by atoms with Gasteiger partial charge in [0.2, 0.25) is 0 Å². The highest BCUT2D eigenvalue weighted by Crippen LogP contribution is 2.25. The van der Waals surface area contributed by atoms with Crippen molar-refractivity contribution in [1.29, 1.82) is 0 Å². The van der Waals surface area contributed by atoms with E-state index in [4.69, 9.17) is 4.52 Å². The van der Waals surface area contributed by atoms with Crippen molar-refractivity contribution in [3.05, 3.63) is 17.0 Å². The first kappa shape index (κ1) is 18.7. The summed E-state index contributed by atoms with van der Waals surface area (Å²) in [7, 11) is 0. The molecule has 0 aromatic carbocycles. The summed E-state index contributed by atoms with van der Waals surface area (Å²) in [5.41, 5.74) is 1.26. The highest BCUT2D eigenvalue weighted by molar-refractivity contribution is 5.93. The minimum atomic E-state index is -0.149. The quantitative estimate of drug-likeness (QED) is 0.688. The number of hydrogen-bond acceptors (Lipinski definition) is 4. The van der Waals surface area contributed by atoms with Crippen LogP contribution in [0.4, 0.5) is 0 Å². The molecule has 0 fully saturated rings. The van der Waals surface area contributed by atoms with Crippen molar-refractivity contribution < 1.29 is 9.32 Å². The Balaban J connectivity index is 2.74. The van der Waals surface area contributed by atoms with E-state index in [0.29, 0.717) is 5.69 Å².